The summed E-state index contributed by atoms with van der Waals surface area (Å²) in [5.41, 5.74) is 0.602. The predicted octanol–water partition coefficient (Wildman–Crippen LogP) is 2.37. The van der Waals surface area contributed by atoms with Crippen molar-refractivity contribution in [2.45, 2.75) is 12.8 Å². The van der Waals surface area contributed by atoms with Gasteiger partial charge in [0.15, 0.2) is 0 Å². The SMILES string of the molecule is O=C(O)CCc1ccc(Br)c([N+](=O)[O-])c1. The van der Waals surface area contributed by atoms with Crippen molar-refractivity contribution in [3.05, 3.63) is 38.3 Å². The maximum absolute atomic E-state index is 10.6. The maximum atomic E-state index is 10.6. The largest absolute Gasteiger partial charge is 0.481 e. The molecule has 0 radical (unpaired) electrons. The van der Waals surface area contributed by atoms with Crippen LogP contribution >= 0.6 is 15.9 Å². The van der Waals surface area contributed by atoms with Crippen LogP contribution in [0, 0.1) is 10.1 Å². The lowest BCUT2D eigenvalue weighted by molar-refractivity contribution is -0.385. The Bertz CT molecular complexity index is 405. The number of carboxylic acid groups (broad SMARTS) is 1. The highest BCUT2D eigenvalue weighted by Crippen LogP contribution is 2.25. The Balaban J connectivity index is 2.87. The summed E-state index contributed by atoms with van der Waals surface area (Å²) in [6.07, 6.45) is 0.266. The van der Waals surface area contributed by atoms with E-state index < -0.39 is 10.9 Å². The van der Waals surface area contributed by atoms with Crippen LogP contribution in [-0.2, 0) is 11.2 Å². The second-order valence-electron chi connectivity index (χ2n) is 2.94. The van der Waals surface area contributed by atoms with E-state index in [4.69, 9.17) is 5.11 Å². The van der Waals surface area contributed by atoms with E-state index in [1.807, 2.05) is 0 Å². The summed E-state index contributed by atoms with van der Waals surface area (Å²) < 4.78 is 0.395. The Morgan fingerprint density at radius 2 is 2.20 bits per heavy atom. The molecular formula is C9H8BrNO4. The first kappa shape index (κ1) is 11.6. The number of rotatable bonds is 4. The molecule has 0 bridgehead atoms. The number of benzene rings is 1. The number of nitro groups is 1. The van der Waals surface area contributed by atoms with Gasteiger partial charge in [0.25, 0.3) is 5.69 Å². The van der Waals surface area contributed by atoms with Crippen molar-refractivity contribution in [2.24, 2.45) is 0 Å². The fraction of sp³-hybridized carbons (Fsp3) is 0.222. The first-order chi connectivity index (χ1) is 7.00. The average molecular weight is 274 g/mol. The van der Waals surface area contributed by atoms with E-state index in [0.29, 0.717) is 16.5 Å². The molecule has 0 saturated heterocycles. The van der Waals surface area contributed by atoms with Crippen LogP contribution in [0.2, 0.25) is 0 Å². The second-order valence-corrected chi connectivity index (χ2v) is 3.79. The third-order valence-electron chi connectivity index (χ3n) is 1.83. The fourth-order valence-electron chi connectivity index (χ4n) is 1.10. The number of hydrogen-bond donors (Lipinski definition) is 1. The molecule has 0 aliphatic rings. The van der Waals surface area contributed by atoms with Crippen LogP contribution in [0.5, 0.6) is 0 Å². The van der Waals surface area contributed by atoms with Crippen molar-refractivity contribution in [1.82, 2.24) is 0 Å². The molecule has 15 heavy (non-hydrogen) atoms. The Kier molecular flexibility index (Phi) is 3.79. The molecule has 0 heterocycles. The molecular weight excluding hydrogens is 266 g/mol. The molecule has 0 aliphatic heterocycles. The van der Waals surface area contributed by atoms with Crippen LogP contribution in [0.4, 0.5) is 5.69 Å². The van der Waals surface area contributed by atoms with Gasteiger partial charge in [-0.05, 0) is 34.0 Å². The molecule has 0 amide bonds. The van der Waals surface area contributed by atoms with Crippen LogP contribution in [0.3, 0.4) is 0 Å². The lowest BCUT2D eigenvalue weighted by Crippen LogP contribution is -1.98. The summed E-state index contributed by atoms with van der Waals surface area (Å²) in [6, 6.07) is 4.60. The Morgan fingerprint density at radius 1 is 1.53 bits per heavy atom. The number of nitro benzene ring substituents is 1. The van der Waals surface area contributed by atoms with Gasteiger partial charge in [-0.1, -0.05) is 6.07 Å². The van der Waals surface area contributed by atoms with Crippen LogP contribution in [0.25, 0.3) is 0 Å². The van der Waals surface area contributed by atoms with Crippen molar-refractivity contribution in [2.75, 3.05) is 0 Å². The molecule has 6 heteroatoms. The summed E-state index contributed by atoms with van der Waals surface area (Å²) in [5.74, 6) is -0.916. The summed E-state index contributed by atoms with van der Waals surface area (Å²) in [6.45, 7) is 0. The zero-order valence-electron chi connectivity index (χ0n) is 7.64. The van der Waals surface area contributed by atoms with E-state index in [1.54, 1.807) is 12.1 Å². The fourth-order valence-corrected chi connectivity index (χ4v) is 1.50. The molecule has 1 aromatic rings. The first-order valence-corrected chi connectivity index (χ1v) is 4.94. The number of aliphatic carboxylic acids is 1. The zero-order chi connectivity index (χ0) is 11.4. The number of aryl methyl sites for hydroxylation is 1. The van der Waals surface area contributed by atoms with Crippen LogP contribution in [-0.4, -0.2) is 16.0 Å². The van der Waals surface area contributed by atoms with E-state index in [0.717, 1.165) is 0 Å². The highest BCUT2D eigenvalue weighted by Gasteiger charge is 2.12. The van der Waals surface area contributed by atoms with E-state index >= 15 is 0 Å². The first-order valence-electron chi connectivity index (χ1n) is 4.15. The number of nitrogens with zero attached hydrogens (tertiary/aromatic N) is 1. The third kappa shape index (κ3) is 3.32. The lowest BCUT2D eigenvalue weighted by Gasteiger charge is -2.00. The van der Waals surface area contributed by atoms with E-state index in [-0.39, 0.29) is 12.1 Å². The summed E-state index contributed by atoms with van der Waals surface area (Å²) in [4.78, 5) is 20.4. The Labute approximate surface area is 94.0 Å². The summed E-state index contributed by atoms with van der Waals surface area (Å²) >= 11 is 3.05. The quantitative estimate of drug-likeness (QED) is 0.675. The van der Waals surface area contributed by atoms with Crippen molar-refractivity contribution >= 4 is 27.6 Å². The lowest BCUT2D eigenvalue weighted by atomic mass is 10.1. The molecule has 1 rings (SSSR count). The highest BCUT2D eigenvalue weighted by molar-refractivity contribution is 9.10. The minimum absolute atomic E-state index is 0.0290. The van der Waals surface area contributed by atoms with Gasteiger partial charge >= 0.3 is 5.97 Å². The standard InChI is InChI=1S/C9H8BrNO4/c10-7-3-1-6(2-4-9(12)13)5-8(7)11(14)15/h1,3,5H,2,4H2,(H,12,13). The monoisotopic (exact) mass is 273 g/mol. The van der Waals surface area contributed by atoms with Gasteiger partial charge in [0.1, 0.15) is 0 Å². The minimum Gasteiger partial charge on any atom is -0.481 e. The van der Waals surface area contributed by atoms with E-state index in [1.165, 1.54) is 6.07 Å². The van der Waals surface area contributed by atoms with Gasteiger partial charge in [0.05, 0.1) is 9.40 Å². The van der Waals surface area contributed by atoms with Crippen molar-refractivity contribution in [3.63, 3.8) is 0 Å². The highest BCUT2D eigenvalue weighted by atomic mass is 79.9. The van der Waals surface area contributed by atoms with Crippen LogP contribution < -0.4 is 0 Å². The van der Waals surface area contributed by atoms with E-state index in [9.17, 15) is 14.9 Å². The van der Waals surface area contributed by atoms with Gasteiger partial charge in [0, 0.05) is 12.5 Å². The number of carboxylic acids is 1. The zero-order valence-corrected chi connectivity index (χ0v) is 9.23. The van der Waals surface area contributed by atoms with Crippen LogP contribution in [0.1, 0.15) is 12.0 Å². The molecule has 5 nitrogen and oxygen atoms in total. The average Bonchev–Trinajstić information content (AvgIpc) is 2.16. The topological polar surface area (TPSA) is 80.4 Å². The minimum atomic E-state index is -0.916. The normalized spacial score (nSPS) is 9.93. The van der Waals surface area contributed by atoms with Gasteiger partial charge < -0.3 is 5.11 Å². The van der Waals surface area contributed by atoms with Gasteiger partial charge in [0.2, 0.25) is 0 Å². The molecule has 0 spiro atoms. The maximum Gasteiger partial charge on any atom is 0.303 e. The van der Waals surface area contributed by atoms with Gasteiger partial charge in [-0.25, -0.2) is 0 Å². The molecule has 1 N–H and O–H groups in total. The van der Waals surface area contributed by atoms with Crippen LogP contribution in [0.15, 0.2) is 22.7 Å². The third-order valence-corrected chi connectivity index (χ3v) is 2.51. The Morgan fingerprint density at radius 3 is 2.73 bits per heavy atom. The summed E-state index contributed by atoms with van der Waals surface area (Å²) in [5, 5.41) is 19.0. The molecule has 0 unspecified atom stereocenters. The molecule has 0 aromatic heterocycles. The van der Waals surface area contributed by atoms with Gasteiger partial charge in [-0.3, -0.25) is 14.9 Å². The smallest absolute Gasteiger partial charge is 0.303 e. The molecule has 80 valence electrons. The van der Waals surface area contributed by atoms with Crippen molar-refractivity contribution in [1.29, 1.82) is 0 Å². The number of halogens is 1. The summed E-state index contributed by atoms with van der Waals surface area (Å²) in [7, 11) is 0. The molecule has 0 fully saturated rings. The molecule has 0 saturated carbocycles. The molecule has 0 aliphatic carbocycles. The molecule has 0 atom stereocenters. The second kappa shape index (κ2) is 4.88. The Hall–Kier alpha value is -1.43. The molecule has 1 aromatic carbocycles. The number of hydrogen-bond acceptors (Lipinski definition) is 3. The number of carbonyl (C=O) groups is 1. The van der Waals surface area contributed by atoms with Crippen molar-refractivity contribution in [3.8, 4) is 0 Å². The van der Waals surface area contributed by atoms with Crippen molar-refractivity contribution < 1.29 is 14.8 Å². The van der Waals surface area contributed by atoms with Gasteiger partial charge in [-0.2, -0.15) is 0 Å². The van der Waals surface area contributed by atoms with E-state index in [2.05, 4.69) is 15.9 Å². The predicted molar refractivity (Wildman–Crippen MR) is 56.8 cm³/mol. The van der Waals surface area contributed by atoms with Gasteiger partial charge in [-0.15, -0.1) is 0 Å².